The Kier molecular flexibility index (Phi) is 4.80. The molecular weight excluding hydrogens is 438 g/mol. The van der Waals surface area contributed by atoms with Gasteiger partial charge in [0.15, 0.2) is 10.7 Å². The molecule has 2 aromatic carbocycles. The number of hydrogen-bond donors (Lipinski definition) is 0. The number of ether oxygens (including phenoxy) is 1. The van der Waals surface area contributed by atoms with E-state index in [-0.39, 0.29) is 12.2 Å². The zero-order valence-electron chi connectivity index (χ0n) is 17.6. The smallest absolute Gasteiger partial charge is 0.338 e. The molecule has 6 rings (SSSR count). The molecule has 5 aromatic rings. The van der Waals surface area contributed by atoms with Crippen molar-refractivity contribution >= 4 is 33.2 Å². The molecule has 0 fully saturated rings. The van der Waals surface area contributed by atoms with Gasteiger partial charge in [-0.3, -0.25) is 9.20 Å². The lowest BCUT2D eigenvalue weighted by atomic mass is 10.0. The normalized spacial score (nSPS) is 13.3. The molecule has 33 heavy (non-hydrogen) atoms. The van der Waals surface area contributed by atoms with E-state index >= 15 is 0 Å². The standard InChI is InChI=1S/C25H19N3O4S/c29-22-13-17(26-25-28(22)20-8-4-5-9-21(20)33-25)14-31-24(30)16-10-11-19-18(12-16)23(32-27-19)15-6-2-1-3-7-15/h1-3,6-7,10-13H,4-5,8-9,14H2. The van der Waals surface area contributed by atoms with Crippen LogP contribution >= 0.6 is 11.3 Å². The van der Waals surface area contributed by atoms with E-state index in [0.29, 0.717) is 27.5 Å². The van der Waals surface area contributed by atoms with Gasteiger partial charge in [-0.05, 0) is 43.9 Å². The minimum Gasteiger partial charge on any atom is -0.456 e. The first-order chi connectivity index (χ1) is 16.2. The number of rotatable bonds is 4. The molecule has 8 heteroatoms. The molecule has 0 saturated heterocycles. The molecule has 0 atom stereocenters. The molecule has 0 saturated carbocycles. The largest absolute Gasteiger partial charge is 0.456 e. The van der Waals surface area contributed by atoms with Crippen LogP contribution in [0.5, 0.6) is 0 Å². The maximum Gasteiger partial charge on any atom is 0.338 e. The van der Waals surface area contributed by atoms with Crippen molar-refractivity contribution in [2.24, 2.45) is 0 Å². The quantitative estimate of drug-likeness (QED) is 0.360. The number of hydrogen-bond acceptors (Lipinski definition) is 7. The first-order valence-corrected chi connectivity index (χ1v) is 11.6. The molecule has 0 spiro atoms. The fourth-order valence-electron chi connectivity index (χ4n) is 4.30. The third-order valence-corrected chi connectivity index (χ3v) is 7.06. The highest BCUT2D eigenvalue weighted by molar-refractivity contribution is 7.17. The topological polar surface area (TPSA) is 86.7 Å². The van der Waals surface area contributed by atoms with Crippen LogP contribution < -0.4 is 5.56 Å². The Morgan fingerprint density at radius 2 is 1.94 bits per heavy atom. The summed E-state index contributed by atoms with van der Waals surface area (Å²) in [5.74, 6) is 0.103. The van der Waals surface area contributed by atoms with Gasteiger partial charge in [-0.1, -0.05) is 35.5 Å². The second-order valence-corrected chi connectivity index (χ2v) is 9.13. The van der Waals surface area contributed by atoms with E-state index < -0.39 is 5.97 Å². The Hall–Kier alpha value is -3.78. The van der Waals surface area contributed by atoms with Gasteiger partial charge in [0.1, 0.15) is 12.1 Å². The van der Waals surface area contributed by atoms with E-state index in [1.807, 2.05) is 30.3 Å². The maximum atomic E-state index is 12.8. The Morgan fingerprint density at radius 1 is 1.09 bits per heavy atom. The summed E-state index contributed by atoms with van der Waals surface area (Å²) in [5, 5.41) is 4.82. The Morgan fingerprint density at radius 3 is 2.82 bits per heavy atom. The summed E-state index contributed by atoms with van der Waals surface area (Å²) in [5.41, 5.74) is 3.33. The van der Waals surface area contributed by atoms with Gasteiger partial charge in [0.05, 0.1) is 16.6 Å². The van der Waals surface area contributed by atoms with Gasteiger partial charge in [0, 0.05) is 22.2 Å². The Balaban J connectivity index is 1.26. The number of esters is 1. The number of nitrogens with zero attached hydrogens (tertiary/aromatic N) is 3. The van der Waals surface area contributed by atoms with Crippen molar-refractivity contribution in [3.05, 3.63) is 86.8 Å². The van der Waals surface area contributed by atoms with Crippen molar-refractivity contribution in [2.45, 2.75) is 32.3 Å². The van der Waals surface area contributed by atoms with E-state index in [9.17, 15) is 9.59 Å². The van der Waals surface area contributed by atoms with Crippen molar-refractivity contribution < 1.29 is 14.1 Å². The second kappa shape index (κ2) is 7.97. The third-order valence-electron chi connectivity index (χ3n) is 5.91. The molecule has 3 heterocycles. The number of fused-ring (bicyclic) bond motifs is 4. The van der Waals surface area contributed by atoms with E-state index in [0.717, 1.165) is 42.3 Å². The summed E-state index contributed by atoms with van der Waals surface area (Å²) in [7, 11) is 0. The van der Waals surface area contributed by atoms with Gasteiger partial charge in [0.25, 0.3) is 5.56 Å². The minimum atomic E-state index is -0.496. The van der Waals surface area contributed by atoms with Crippen LogP contribution in [0.2, 0.25) is 0 Å². The van der Waals surface area contributed by atoms with Crippen LogP contribution in [0.4, 0.5) is 0 Å². The highest BCUT2D eigenvalue weighted by Gasteiger charge is 2.19. The zero-order chi connectivity index (χ0) is 22.4. The van der Waals surface area contributed by atoms with Gasteiger partial charge in [-0.25, -0.2) is 9.78 Å². The fraction of sp³-hybridized carbons (Fsp3) is 0.200. The zero-order valence-corrected chi connectivity index (χ0v) is 18.4. The molecule has 0 amide bonds. The lowest BCUT2D eigenvalue weighted by Crippen LogP contribution is -2.18. The van der Waals surface area contributed by atoms with E-state index in [2.05, 4.69) is 10.1 Å². The van der Waals surface area contributed by atoms with Crippen molar-refractivity contribution in [1.29, 1.82) is 0 Å². The Labute approximate surface area is 192 Å². The predicted molar refractivity (Wildman–Crippen MR) is 125 cm³/mol. The van der Waals surface area contributed by atoms with E-state index in [1.54, 1.807) is 33.9 Å². The van der Waals surface area contributed by atoms with E-state index in [1.165, 1.54) is 10.9 Å². The molecule has 1 aliphatic rings. The summed E-state index contributed by atoms with van der Waals surface area (Å²) in [6, 6.07) is 16.2. The van der Waals surface area contributed by atoms with E-state index in [4.69, 9.17) is 9.26 Å². The van der Waals surface area contributed by atoms with Crippen molar-refractivity contribution in [2.75, 3.05) is 0 Å². The van der Waals surface area contributed by atoms with Crippen LogP contribution in [0.25, 0.3) is 27.2 Å². The molecule has 164 valence electrons. The van der Waals surface area contributed by atoms with Crippen molar-refractivity contribution in [3.63, 3.8) is 0 Å². The van der Waals surface area contributed by atoms with Gasteiger partial charge in [-0.15, -0.1) is 11.3 Å². The van der Waals surface area contributed by atoms with Crippen molar-refractivity contribution in [1.82, 2.24) is 14.5 Å². The molecule has 0 bridgehead atoms. The molecule has 0 aliphatic heterocycles. The lowest BCUT2D eigenvalue weighted by Gasteiger charge is -2.10. The number of thiazole rings is 1. The van der Waals surface area contributed by atoms with Crippen molar-refractivity contribution in [3.8, 4) is 11.3 Å². The molecular formula is C25H19N3O4S. The average molecular weight is 458 g/mol. The fourth-order valence-corrected chi connectivity index (χ4v) is 5.54. The first kappa shape index (κ1) is 19.9. The van der Waals surface area contributed by atoms with Crippen LogP contribution in [-0.2, 0) is 24.2 Å². The number of aromatic nitrogens is 3. The van der Waals surface area contributed by atoms with Crippen LogP contribution in [0.15, 0.2) is 63.9 Å². The highest BCUT2D eigenvalue weighted by atomic mass is 32.1. The maximum absolute atomic E-state index is 12.8. The average Bonchev–Trinajstić information content (AvgIpc) is 3.44. The second-order valence-electron chi connectivity index (χ2n) is 8.07. The first-order valence-electron chi connectivity index (χ1n) is 10.8. The molecule has 3 aromatic heterocycles. The third kappa shape index (κ3) is 3.52. The number of aryl methyl sites for hydroxylation is 2. The monoisotopic (exact) mass is 457 g/mol. The molecule has 0 unspecified atom stereocenters. The van der Waals surface area contributed by atoms with Gasteiger partial charge >= 0.3 is 5.97 Å². The van der Waals surface area contributed by atoms with Crippen LogP contribution in [0, 0.1) is 0 Å². The Bertz CT molecular complexity index is 1570. The highest BCUT2D eigenvalue weighted by Crippen LogP contribution is 2.30. The summed E-state index contributed by atoms with van der Waals surface area (Å²) < 4.78 is 12.7. The molecule has 0 N–H and O–H groups in total. The van der Waals surface area contributed by atoms with Gasteiger partial charge < -0.3 is 9.26 Å². The molecule has 1 aliphatic carbocycles. The molecule has 0 radical (unpaired) electrons. The van der Waals surface area contributed by atoms with Crippen LogP contribution in [-0.4, -0.2) is 20.5 Å². The summed E-state index contributed by atoms with van der Waals surface area (Å²) >= 11 is 1.55. The minimum absolute atomic E-state index is 0.0691. The lowest BCUT2D eigenvalue weighted by molar-refractivity contribution is 0.0468. The summed E-state index contributed by atoms with van der Waals surface area (Å²) in [6.45, 7) is -0.0691. The number of carbonyl (C=O) groups is 1. The van der Waals surface area contributed by atoms with Gasteiger partial charge in [0.2, 0.25) is 0 Å². The van der Waals surface area contributed by atoms with Crippen LogP contribution in [0.1, 0.15) is 39.5 Å². The SMILES string of the molecule is O=C(OCc1cc(=O)n2c3c(sc2n1)CCCC3)c1ccc2noc(-c3ccccc3)c2c1. The molecule has 7 nitrogen and oxygen atoms in total. The summed E-state index contributed by atoms with van der Waals surface area (Å²) in [4.78, 5) is 31.9. The predicted octanol–water partition coefficient (Wildman–Crippen LogP) is 4.80. The van der Waals surface area contributed by atoms with Crippen LogP contribution in [0.3, 0.4) is 0 Å². The number of benzene rings is 2. The summed E-state index contributed by atoms with van der Waals surface area (Å²) in [6.07, 6.45) is 4.12. The number of carbonyl (C=O) groups excluding carboxylic acids is 1. The van der Waals surface area contributed by atoms with Gasteiger partial charge in [-0.2, -0.15) is 0 Å².